The summed E-state index contributed by atoms with van der Waals surface area (Å²) in [6.45, 7) is 2.84. The molecule has 2 aromatic rings. The second-order valence-corrected chi connectivity index (χ2v) is 6.96. The Morgan fingerprint density at radius 3 is 2.30 bits per heavy atom. The van der Waals surface area contributed by atoms with Gasteiger partial charge in [0.1, 0.15) is 25.8 Å². The average molecular weight is 463 g/mol. The van der Waals surface area contributed by atoms with Crippen molar-refractivity contribution in [2.45, 2.75) is 18.8 Å². The van der Waals surface area contributed by atoms with Crippen LogP contribution in [0.1, 0.15) is 5.56 Å². The molecule has 1 saturated heterocycles. The lowest BCUT2D eigenvalue weighted by molar-refractivity contribution is -0.661. The summed E-state index contributed by atoms with van der Waals surface area (Å²) in [7, 11) is 3.24. The number of nitrogens with two attached hydrogens (primary N) is 1. The van der Waals surface area contributed by atoms with E-state index in [9.17, 15) is 0 Å². The van der Waals surface area contributed by atoms with Gasteiger partial charge in [-0.25, -0.2) is 4.79 Å². The Balaban J connectivity index is 0.000000569. The number of carboxylic acids is 2. The minimum absolute atomic E-state index is 0.111. The molecule has 0 bridgehead atoms. The Morgan fingerprint density at radius 1 is 1.09 bits per heavy atom. The molecule has 0 amide bonds. The van der Waals surface area contributed by atoms with Crippen molar-refractivity contribution in [3.8, 4) is 17.2 Å². The van der Waals surface area contributed by atoms with Gasteiger partial charge in [0.2, 0.25) is 5.75 Å². The van der Waals surface area contributed by atoms with Crippen molar-refractivity contribution >= 4 is 11.9 Å². The third kappa shape index (κ3) is 8.97. The number of aliphatic carboxylic acids is 2. The number of quaternary nitrogens is 1. The smallest absolute Gasteiger partial charge is 0.351 e. The van der Waals surface area contributed by atoms with Gasteiger partial charge in [0, 0.05) is 6.42 Å². The van der Waals surface area contributed by atoms with Gasteiger partial charge in [0.25, 0.3) is 0 Å². The molecule has 1 heterocycles. The van der Waals surface area contributed by atoms with Crippen LogP contribution in [-0.2, 0) is 25.5 Å². The van der Waals surface area contributed by atoms with E-state index in [2.05, 4.69) is 17.4 Å². The zero-order valence-corrected chi connectivity index (χ0v) is 18.6. The van der Waals surface area contributed by atoms with Gasteiger partial charge in [0.05, 0.1) is 20.8 Å². The third-order valence-electron chi connectivity index (χ3n) is 4.61. The van der Waals surface area contributed by atoms with Crippen molar-refractivity contribution in [3.63, 3.8) is 0 Å². The molecule has 0 saturated carbocycles. The van der Waals surface area contributed by atoms with Crippen LogP contribution < -0.4 is 24.6 Å². The number of carbonyl (C=O) groups excluding carboxylic acids is 1. The van der Waals surface area contributed by atoms with E-state index in [-0.39, 0.29) is 12.4 Å². The van der Waals surface area contributed by atoms with Gasteiger partial charge in [-0.3, -0.25) is 0 Å². The Labute approximate surface area is 192 Å². The van der Waals surface area contributed by atoms with Crippen LogP contribution in [0.4, 0.5) is 0 Å². The van der Waals surface area contributed by atoms with Crippen molar-refractivity contribution in [2.75, 3.05) is 40.5 Å². The Morgan fingerprint density at radius 2 is 1.73 bits per heavy atom. The molecule has 0 spiro atoms. The topological polar surface area (TPSA) is 140 Å². The molecule has 0 aliphatic carbocycles. The molecule has 2 atom stereocenters. The predicted molar refractivity (Wildman–Crippen MR) is 114 cm³/mol. The largest absolute Gasteiger partial charge is 0.539 e. The molecule has 0 radical (unpaired) electrons. The molecule has 33 heavy (non-hydrogen) atoms. The molecule has 180 valence electrons. The van der Waals surface area contributed by atoms with Crippen molar-refractivity contribution in [1.29, 1.82) is 0 Å². The van der Waals surface area contributed by atoms with Crippen molar-refractivity contribution in [3.05, 3.63) is 54.1 Å². The molecule has 3 rings (SSSR count). The summed E-state index contributed by atoms with van der Waals surface area (Å²) in [6.07, 6.45) is 0.744. The van der Waals surface area contributed by atoms with Gasteiger partial charge in [-0.05, 0) is 17.7 Å². The van der Waals surface area contributed by atoms with Gasteiger partial charge in [-0.1, -0.05) is 36.4 Å². The monoisotopic (exact) mass is 463 g/mol. The number of ether oxygens (including phenoxy) is 5. The van der Waals surface area contributed by atoms with Gasteiger partial charge >= 0.3 is 5.97 Å². The number of hydrogen-bond donors (Lipinski definition) is 2. The molecule has 1 fully saturated rings. The fourth-order valence-electron chi connectivity index (χ4n) is 3.05. The van der Waals surface area contributed by atoms with E-state index in [1.807, 2.05) is 36.4 Å². The number of benzene rings is 2. The van der Waals surface area contributed by atoms with E-state index >= 15 is 0 Å². The number of hydrogen-bond acceptors (Lipinski definition) is 8. The number of methoxy groups -OCH3 is 2. The van der Waals surface area contributed by atoms with Gasteiger partial charge in [-0.15, -0.1) is 0 Å². The van der Waals surface area contributed by atoms with E-state index in [1.54, 1.807) is 14.2 Å². The SMILES string of the molecule is COc1cccc(OC)c1OCC[NH2+]C[C@H]1CO[C@H](Cc2ccccc2)O1.O=C([O-])C(=O)O. The normalized spacial score (nSPS) is 16.9. The van der Waals surface area contributed by atoms with Gasteiger partial charge in [0.15, 0.2) is 23.8 Å². The minimum Gasteiger partial charge on any atom is -0.539 e. The zero-order valence-electron chi connectivity index (χ0n) is 18.6. The maximum atomic E-state index is 9.04. The van der Waals surface area contributed by atoms with Crippen LogP contribution in [0.15, 0.2) is 48.5 Å². The first-order chi connectivity index (χ1) is 15.9. The fraction of sp³-hybridized carbons (Fsp3) is 0.391. The highest BCUT2D eigenvalue weighted by atomic mass is 16.7. The van der Waals surface area contributed by atoms with Gasteiger partial charge in [-0.2, -0.15) is 0 Å². The summed E-state index contributed by atoms with van der Waals surface area (Å²) in [6, 6.07) is 15.9. The summed E-state index contributed by atoms with van der Waals surface area (Å²) in [4.78, 5) is 18.0. The van der Waals surface area contributed by atoms with E-state index in [1.165, 1.54) is 5.56 Å². The molecule has 1 aliphatic rings. The van der Waals surface area contributed by atoms with Crippen molar-refractivity contribution in [1.82, 2.24) is 0 Å². The van der Waals surface area contributed by atoms with E-state index < -0.39 is 11.9 Å². The third-order valence-corrected chi connectivity index (χ3v) is 4.61. The Bertz CT molecular complexity index is 841. The van der Waals surface area contributed by atoms with Crippen LogP contribution in [0.3, 0.4) is 0 Å². The summed E-state index contributed by atoms with van der Waals surface area (Å²) in [5, 5.41) is 18.5. The predicted octanol–water partition coefficient (Wildman–Crippen LogP) is -0.549. The van der Waals surface area contributed by atoms with E-state index in [0.29, 0.717) is 30.5 Å². The highest BCUT2D eigenvalue weighted by molar-refractivity contribution is 6.26. The molecule has 2 aromatic carbocycles. The van der Waals surface area contributed by atoms with E-state index in [0.717, 1.165) is 19.5 Å². The molecule has 0 aromatic heterocycles. The Hall–Kier alpha value is -3.34. The van der Waals surface area contributed by atoms with Crippen LogP contribution in [0.2, 0.25) is 0 Å². The van der Waals surface area contributed by atoms with Crippen LogP contribution >= 0.6 is 0 Å². The highest BCUT2D eigenvalue weighted by Gasteiger charge is 2.27. The summed E-state index contributed by atoms with van der Waals surface area (Å²) in [5.74, 6) is -2.03. The highest BCUT2D eigenvalue weighted by Crippen LogP contribution is 2.36. The van der Waals surface area contributed by atoms with Crippen LogP contribution in [0.5, 0.6) is 17.2 Å². The second kappa shape index (κ2) is 13.9. The molecule has 10 heteroatoms. The summed E-state index contributed by atoms with van der Waals surface area (Å²) >= 11 is 0. The molecular weight excluding hydrogens is 434 g/mol. The second-order valence-electron chi connectivity index (χ2n) is 6.96. The molecular formula is C23H29NO9. The molecule has 1 aliphatic heterocycles. The minimum atomic E-state index is -2.07. The summed E-state index contributed by atoms with van der Waals surface area (Å²) < 4.78 is 28.3. The first-order valence-corrected chi connectivity index (χ1v) is 10.3. The fourth-order valence-corrected chi connectivity index (χ4v) is 3.05. The van der Waals surface area contributed by atoms with Crippen LogP contribution in [0.25, 0.3) is 0 Å². The average Bonchev–Trinajstić information content (AvgIpc) is 3.26. The quantitative estimate of drug-likeness (QED) is 0.351. The van der Waals surface area contributed by atoms with Gasteiger partial charge < -0.3 is 44.0 Å². The van der Waals surface area contributed by atoms with Crippen molar-refractivity contribution < 1.29 is 48.8 Å². The standard InChI is InChI=1S/C21H27NO5.C2H2O4/c1-23-18-9-6-10-19(24-2)21(18)25-12-11-22-14-17-15-26-20(27-17)13-16-7-4-3-5-8-16;3-1(4)2(5)6/h3-10,17,20,22H,11-15H2,1-2H3;(H,3,4)(H,5,6)/t17-,20-;/m0./s1. The molecule has 0 unspecified atom stereocenters. The molecule has 10 nitrogen and oxygen atoms in total. The number of rotatable bonds is 10. The number of carboxylic acid groups (broad SMARTS) is 2. The first-order valence-electron chi connectivity index (χ1n) is 10.3. The maximum absolute atomic E-state index is 9.04. The maximum Gasteiger partial charge on any atom is 0.351 e. The van der Waals surface area contributed by atoms with E-state index in [4.69, 9.17) is 43.5 Å². The summed E-state index contributed by atoms with van der Waals surface area (Å²) in [5.41, 5.74) is 1.23. The first kappa shape index (κ1) is 25.9. The lowest BCUT2D eigenvalue weighted by Gasteiger charge is -2.14. The van der Waals surface area contributed by atoms with Crippen LogP contribution in [0, 0.1) is 0 Å². The zero-order chi connectivity index (χ0) is 24.1. The number of carbonyl (C=O) groups is 2. The lowest BCUT2D eigenvalue weighted by Crippen LogP contribution is -2.87. The Kier molecular flexibility index (Phi) is 10.9. The number of para-hydroxylation sites is 1. The van der Waals surface area contributed by atoms with Crippen LogP contribution in [-0.4, -0.2) is 70.0 Å². The van der Waals surface area contributed by atoms with Crippen molar-refractivity contribution in [2.24, 2.45) is 0 Å². The lowest BCUT2D eigenvalue weighted by atomic mass is 10.1. The molecule has 3 N–H and O–H groups in total.